The lowest BCUT2D eigenvalue weighted by atomic mass is 9.92. The Hall–Kier alpha value is -8.31. The molecule has 0 aliphatic rings. The van der Waals surface area contributed by atoms with Gasteiger partial charge in [0, 0.05) is 48.7 Å². The first-order valence-corrected chi connectivity index (χ1v) is 22.8. The summed E-state index contributed by atoms with van der Waals surface area (Å²) in [6, 6.07) is 80.2. The van der Waals surface area contributed by atoms with Crippen LogP contribution < -0.4 is 0 Å². The number of nitrogens with zero attached hydrogens (tertiary/aromatic N) is 3. The van der Waals surface area contributed by atoms with Crippen LogP contribution in [0.2, 0.25) is 0 Å². The van der Waals surface area contributed by atoms with Gasteiger partial charge >= 0.3 is 0 Å². The summed E-state index contributed by atoms with van der Waals surface area (Å²) in [7, 11) is 0. The van der Waals surface area contributed by atoms with Crippen molar-refractivity contribution in [1.82, 2.24) is 15.0 Å². The molecule has 0 atom stereocenters. The average Bonchev–Trinajstić information content (AvgIpc) is 3.79. The topological polar surface area (TPSA) is 38.7 Å². The third-order valence-corrected chi connectivity index (χ3v) is 14.0. The number of hydrogen-bond acceptors (Lipinski definition) is 4. The fraction of sp³-hybridized carbons (Fsp3) is 0. The van der Waals surface area contributed by atoms with Crippen LogP contribution in [0.1, 0.15) is 0 Å². The summed E-state index contributed by atoms with van der Waals surface area (Å²) in [6.45, 7) is 0. The van der Waals surface area contributed by atoms with Crippen molar-refractivity contribution in [3.05, 3.63) is 224 Å². The largest absolute Gasteiger partial charge is 0.246 e. The van der Waals surface area contributed by atoms with Gasteiger partial charge in [-0.15, -0.1) is 11.3 Å². The van der Waals surface area contributed by atoms with Gasteiger partial charge in [-0.3, -0.25) is 0 Å². The molecule has 0 bridgehead atoms. The molecule has 0 fully saturated rings. The molecule has 0 saturated heterocycles. The molecule has 0 aliphatic carbocycles. The van der Waals surface area contributed by atoms with Gasteiger partial charge in [-0.2, -0.15) is 0 Å². The number of rotatable bonds is 6. The van der Waals surface area contributed by atoms with Crippen LogP contribution in [0.15, 0.2) is 224 Å². The minimum atomic E-state index is 0.696. The van der Waals surface area contributed by atoms with E-state index in [1.807, 2.05) is 23.5 Å². The molecule has 0 N–H and O–H groups in total. The summed E-state index contributed by atoms with van der Waals surface area (Å²) < 4.78 is 2.48. The predicted molar refractivity (Wildman–Crippen MR) is 275 cm³/mol. The number of pyridine rings is 1. The molecule has 302 valence electrons. The molecule has 13 aromatic rings. The van der Waals surface area contributed by atoms with Gasteiger partial charge in [0.05, 0.1) is 27.3 Å². The standard InChI is InChI=1S/C61H37N3S/c1-3-15-40(16-4-1)54-37-55(41-17-5-2-6-18-41)63-61(62-54)44-20-13-19-42(35-44)38-29-31-39(32-30-38)45-26-14-27-52-57-51-25-11-12-28-56(51)65-60(57)58(64-59(45)52)43-33-34-50-48-23-8-7-21-46(48)47-22-9-10-24-49(47)53(50)36-43/h1-37H. The van der Waals surface area contributed by atoms with Crippen LogP contribution in [0.25, 0.3) is 131 Å². The van der Waals surface area contributed by atoms with Gasteiger partial charge in [0.2, 0.25) is 0 Å². The SMILES string of the molecule is c1ccc(-c2cc(-c3ccccc3)nc(-c3cccc(-c4ccc(-c5cccc6c5nc(-c5ccc7c8ccccc8c8ccccc8c7c5)c5sc7ccccc7c56)cc4)c3)n2)cc1. The molecule has 0 saturated carbocycles. The van der Waals surface area contributed by atoms with Crippen molar-refractivity contribution in [1.29, 1.82) is 0 Å². The van der Waals surface area contributed by atoms with Crippen molar-refractivity contribution in [2.24, 2.45) is 0 Å². The summed E-state index contributed by atoms with van der Waals surface area (Å²) in [5.74, 6) is 0.696. The van der Waals surface area contributed by atoms with Gasteiger partial charge in [0.25, 0.3) is 0 Å². The van der Waals surface area contributed by atoms with Gasteiger partial charge in [0.15, 0.2) is 5.82 Å². The zero-order valence-electron chi connectivity index (χ0n) is 35.1. The number of thiophene rings is 1. The van der Waals surface area contributed by atoms with Crippen LogP contribution in [0.3, 0.4) is 0 Å². The lowest BCUT2D eigenvalue weighted by molar-refractivity contribution is 1.18. The zero-order chi connectivity index (χ0) is 42.8. The van der Waals surface area contributed by atoms with Crippen LogP contribution in [0, 0.1) is 0 Å². The molecule has 0 unspecified atom stereocenters. The van der Waals surface area contributed by atoms with Gasteiger partial charge < -0.3 is 0 Å². The molecule has 3 aromatic heterocycles. The lowest BCUT2D eigenvalue weighted by Crippen LogP contribution is -1.96. The normalized spacial score (nSPS) is 11.7. The summed E-state index contributed by atoms with van der Waals surface area (Å²) in [4.78, 5) is 15.9. The molecule has 0 spiro atoms. The van der Waals surface area contributed by atoms with Gasteiger partial charge in [-0.05, 0) is 73.3 Å². The first-order valence-electron chi connectivity index (χ1n) is 22.0. The summed E-state index contributed by atoms with van der Waals surface area (Å²) in [5.41, 5.74) is 12.5. The Kier molecular flexibility index (Phi) is 8.71. The maximum atomic E-state index is 5.67. The lowest BCUT2D eigenvalue weighted by Gasteiger charge is -2.14. The molecule has 13 rings (SSSR count). The third-order valence-electron chi connectivity index (χ3n) is 12.9. The molecule has 3 nitrogen and oxygen atoms in total. The summed E-state index contributed by atoms with van der Waals surface area (Å²) in [5, 5.41) is 11.3. The minimum Gasteiger partial charge on any atom is -0.246 e. The van der Waals surface area contributed by atoms with Gasteiger partial charge in [-0.25, -0.2) is 15.0 Å². The molecular weight excluding hydrogens is 807 g/mol. The minimum absolute atomic E-state index is 0.696. The highest BCUT2D eigenvalue weighted by Gasteiger charge is 2.20. The van der Waals surface area contributed by atoms with Crippen molar-refractivity contribution in [2.75, 3.05) is 0 Å². The monoisotopic (exact) mass is 843 g/mol. The van der Waals surface area contributed by atoms with Gasteiger partial charge in [0.1, 0.15) is 0 Å². The Morgan fingerprint density at radius 1 is 0.292 bits per heavy atom. The van der Waals surface area contributed by atoms with Crippen LogP contribution >= 0.6 is 11.3 Å². The summed E-state index contributed by atoms with van der Waals surface area (Å²) in [6.07, 6.45) is 0. The molecule has 0 radical (unpaired) electrons. The molecule has 0 amide bonds. The van der Waals surface area contributed by atoms with Crippen LogP contribution in [0.5, 0.6) is 0 Å². The quantitative estimate of drug-likeness (QED) is 0.157. The fourth-order valence-electron chi connectivity index (χ4n) is 9.76. The Balaban J connectivity index is 0.937. The van der Waals surface area contributed by atoms with E-state index in [0.29, 0.717) is 5.82 Å². The number of fused-ring (bicyclic) bond motifs is 11. The molecule has 65 heavy (non-hydrogen) atoms. The molecule has 10 aromatic carbocycles. The number of benzene rings is 10. The molecule has 3 heterocycles. The van der Waals surface area contributed by atoms with E-state index in [4.69, 9.17) is 15.0 Å². The van der Waals surface area contributed by atoms with Crippen LogP contribution in [-0.4, -0.2) is 15.0 Å². The third kappa shape index (κ3) is 6.30. The first kappa shape index (κ1) is 37.3. The van der Waals surface area contributed by atoms with Crippen molar-refractivity contribution in [3.8, 4) is 67.4 Å². The van der Waals surface area contributed by atoms with Crippen LogP contribution in [-0.2, 0) is 0 Å². The Morgan fingerprint density at radius 3 is 1.48 bits per heavy atom. The van der Waals surface area contributed by atoms with E-state index in [-0.39, 0.29) is 0 Å². The second kappa shape index (κ2) is 15.2. The van der Waals surface area contributed by atoms with E-state index in [0.717, 1.165) is 67.1 Å². The maximum absolute atomic E-state index is 5.67. The second-order valence-electron chi connectivity index (χ2n) is 16.7. The van der Waals surface area contributed by atoms with Crippen molar-refractivity contribution in [3.63, 3.8) is 0 Å². The fourth-order valence-corrected chi connectivity index (χ4v) is 11.0. The zero-order valence-corrected chi connectivity index (χ0v) is 35.9. The first-order chi connectivity index (χ1) is 32.2. The van der Waals surface area contributed by atoms with E-state index in [1.54, 1.807) is 0 Å². The van der Waals surface area contributed by atoms with E-state index >= 15 is 0 Å². The molecule has 0 aliphatic heterocycles. The second-order valence-corrected chi connectivity index (χ2v) is 17.7. The Bertz CT molecular complexity index is 3890. The van der Waals surface area contributed by atoms with Crippen LogP contribution in [0.4, 0.5) is 0 Å². The van der Waals surface area contributed by atoms with E-state index in [2.05, 4.69) is 212 Å². The van der Waals surface area contributed by atoms with Crippen molar-refractivity contribution >= 4 is 74.7 Å². The molecular formula is C61H37N3S. The van der Waals surface area contributed by atoms with Crippen molar-refractivity contribution in [2.45, 2.75) is 0 Å². The number of para-hydroxylation sites is 1. The average molecular weight is 844 g/mol. The number of hydrogen-bond donors (Lipinski definition) is 0. The Morgan fingerprint density at radius 2 is 0.800 bits per heavy atom. The van der Waals surface area contributed by atoms with Gasteiger partial charge in [-0.1, -0.05) is 200 Å². The highest BCUT2D eigenvalue weighted by atomic mass is 32.1. The highest BCUT2D eigenvalue weighted by Crippen LogP contribution is 2.46. The molecule has 4 heteroatoms. The highest BCUT2D eigenvalue weighted by molar-refractivity contribution is 7.26. The number of aromatic nitrogens is 3. The Labute approximate surface area is 379 Å². The van der Waals surface area contributed by atoms with E-state index < -0.39 is 0 Å². The maximum Gasteiger partial charge on any atom is 0.160 e. The van der Waals surface area contributed by atoms with E-state index in [1.165, 1.54) is 57.9 Å². The van der Waals surface area contributed by atoms with Crippen molar-refractivity contribution < 1.29 is 0 Å². The summed E-state index contributed by atoms with van der Waals surface area (Å²) >= 11 is 1.84. The van der Waals surface area contributed by atoms with E-state index in [9.17, 15) is 0 Å². The smallest absolute Gasteiger partial charge is 0.160 e. The predicted octanol–water partition coefficient (Wildman–Crippen LogP) is 16.9.